The second-order valence-electron chi connectivity index (χ2n) is 6.95. The standard InChI is InChI=1S/C21H18F2N6O3/c1-28-20(30)17-19(29(21(28)31)11-12-2-7-15(22)16(23)10-12)27-26-18(25-17)13-3-5-14(6-4-13)32-9-8-24/h2-7,10H,8-9,11,24H2,1H3. The van der Waals surface area contributed by atoms with Crippen LogP contribution < -0.4 is 21.7 Å². The summed E-state index contributed by atoms with van der Waals surface area (Å²) in [4.78, 5) is 29.7. The molecule has 4 aromatic rings. The Bertz CT molecular complexity index is 1420. The minimum Gasteiger partial charge on any atom is -0.492 e. The smallest absolute Gasteiger partial charge is 0.332 e. The second kappa shape index (κ2) is 8.63. The molecule has 4 rings (SSSR count). The lowest BCUT2D eigenvalue weighted by molar-refractivity contribution is 0.328. The molecule has 0 aliphatic heterocycles. The lowest BCUT2D eigenvalue weighted by Gasteiger charge is -2.11. The fourth-order valence-corrected chi connectivity index (χ4v) is 3.13. The van der Waals surface area contributed by atoms with E-state index < -0.39 is 22.9 Å². The highest BCUT2D eigenvalue weighted by Gasteiger charge is 2.17. The van der Waals surface area contributed by atoms with Crippen molar-refractivity contribution in [3.63, 3.8) is 0 Å². The van der Waals surface area contributed by atoms with Crippen molar-refractivity contribution in [2.45, 2.75) is 6.54 Å². The van der Waals surface area contributed by atoms with E-state index in [0.29, 0.717) is 30.0 Å². The van der Waals surface area contributed by atoms with Gasteiger partial charge < -0.3 is 10.5 Å². The summed E-state index contributed by atoms with van der Waals surface area (Å²) in [5, 5.41) is 8.10. The summed E-state index contributed by atoms with van der Waals surface area (Å²) in [6, 6.07) is 10.1. The van der Waals surface area contributed by atoms with Crippen LogP contribution in [0.1, 0.15) is 5.56 Å². The van der Waals surface area contributed by atoms with Crippen molar-refractivity contribution in [2.24, 2.45) is 12.8 Å². The molecule has 0 aliphatic carbocycles. The van der Waals surface area contributed by atoms with Gasteiger partial charge in [-0.1, -0.05) is 6.07 Å². The van der Waals surface area contributed by atoms with Crippen LogP contribution in [0.5, 0.6) is 5.75 Å². The van der Waals surface area contributed by atoms with Gasteiger partial charge in [0.1, 0.15) is 12.4 Å². The fraction of sp³-hybridized carbons (Fsp3) is 0.190. The van der Waals surface area contributed by atoms with E-state index in [1.807, 2.05) is 0 Å². The van der Waals surface area contributed by atoms with Gasteiger partial charge in [0.2, 0.25) is 0 Å². The number of ether oxygens (including phenoxy) is 1. The quantitative estimate of drug-likeness (QED) is 0.479. The van der Waals surface area contributed by atoms with E-state index in [1.165, 1.54) is 13.1 Å². The van der Waals surface area contributed by atoms with Crippen LogP contribution in [-0.4, -0.2) is 37.5 Å². The maximum Gasteiger partial charge on any atom is 0.332 e. The summed E-state index contributed by atoms with van der Waals surface area (Å²) >= 11 is 0. The molecular formula is C21H18F2N6O3. The van der Waals surface area contributed by atoms with Crippen molar-refractivity contribution in [3.8, 4) is 17.1 Å². The third-order valence-corrected chi connectivity index (χ3v) is 4.77. The minimum absolute atomic E-state index is 0.0607. The molecule has 0 bridgehead atoms. The molecule has 9 nitrogen and oxygen atoms in total. The number of halogens is 2. The Kier molecular flexibility index (Phi) is 5.73. The first kappa shape index (κ1) is 21.2. The molecule has 0 amide bonds. The molecule has 2 heterocycles. The molecule has 11 heteroatoms. The summed E-state index contributed by atoms with van der Waals surface area (Å²) in [6.45, 7) is 0.609. The van der Waals surface area contributed by atoms with Crippen LogP contribution >= 0.6 is 0 Å². The van der Waals surface area contributed by atoms with Gasteiger partial charge in [0.05, 0.1) is 6.54 Å². The van der Waals surface area contributed by atoms with Crippen molar-refractivity contribution in [3.05, 3.63) is 80.5 Å². The molecule has 32 heavy (non-hydrogen) atoms. The van der Waals surface area contributed by atoms with Gasteiger partial charge in [-0.25, -0.2) is 18.6 Å². The third-order valence-electron chi connectivity index (χ3n) is 4.77. The number of fused-ring (bicyclic) bond motifs is 1. The van der Waals surface area contributed by atoms with Gasteiger partial charge in [-0.2, -0.15) is 0 Å². The number of nitrogens with two attached hydrogens (primary N) is 1. The molecule has 0 saturated carbocycles. The van der Waals surface area contributed by atoms with Crippen molar-refractivity contribution in [1.29, 1.82) is 0 Å². The van der Waals surface area contributed by atoms with Gasteiger partial charge >= 0.3 is 5.69 Å². The SMILES string of the molecule is Cn1c(=O)c2nc(-c3ccc(OCCN)cc3)nnc2n(Cc2ccc(F)c(F)c2)c1=O. The van der Waals surface area contributed by atoms with E-state index in [1.54, 1.807) is 24.3 Å². The largest absolute Gasteiger partial charge is 0.492 e. The van der Waals surface area contributed by atoms with Gasteiger partial charge in [0.15, 0.2) is 28.6 Å². The molecule has 2 aromatic heterocycles. The molecule has 164 valence electrons. The zero-order valence-corrected chi connectivity index (χ0v) is 17.0. The summed E-state index contributed by atoms with van der Waals surface area (Å²) in [5.74, 6) is -1.26. The average Bonchev–Trinajstić information content (AvgIpc) is 2.81. The molecule has 0 fully saturated rings. The number of rotatable bonds is 6. The Balaban J connectivity index is 1.79. The summed E-state index contributed by atoms with van der Waals surface area (Å²) < 4.78 is 34.3. The predicted molar refractivity (Wildman–Crippen MR) is 112 cm³/mol. The number of hydrogen-bond acceptors (Lipinski definition) is 7. The Morgan fingerprint density at radius 3 is 2.47 bits per heavy atom. The molecule has 0 radical (unpaired) electrons. The van der Waals surface area contributed by atoms with Gasteiger partial charge in [-0.05, 0) is 42.0 Å². The van der Waals surface area contributed by atoms with E-state index >= 15 is 0 Å². The van der Waals surface area contributed by atoms with E-state index in [9.17, 15) is 18.4 Å². The minimum atomic E-state index is -1.05. The number of nitrogens with zero attached hydrogens (tertiary/aromatic N) is 5. The first-order chi connectivity index (χ1) is 15.4. The van der Waals surface area contributed by atoms with Crippen LogP contribution in [0.15, 0.2) is 52.1 Å². The molecule has 2 aromatic carbocycles. The van der Waals surface area contributed by atoms with Crippen molar-refractivity contribution in [1.82, 2.24) is 24.3 Å². The number of benzene rings is 2. The molecule has 0 aliphatic rings. The zero-order valence-electron chi connectivity index (χ0n) is 17.0. The normalized spacial score (nSPS) is 11.1. The Morgan fingerprint density at radius 1 is 1.03 bits per heavy atom. The Hall–Kier alpha value is -3.99. The van der Waals surface area contributed by atoms with E-state index in [4.69, 9.17) is 10.5 Å². The highest BCUT2D eigenvalue weighted by atomic mass is 19.2. The zero-order chi connectivity index (χ0) is 22.8. The van der Waals surface area contributed by atoms with Gasteiger partial charge in [0, 0.05) is 19.2 Å². The van der Waals surface area contributed by atoms with E-state index in [-0.39, 0.29) is 23.5 Å². The summed E-state index contributed by atoms with van der Waals surface area (Å²) in [6.07, 6.45) is 0. The predicted octanol–water partition coefficient (Wildman–Crippen LogP) is 1.22. The highest BCUT2D eigenvalue weighted by molar-refractivity contribution is 5.71. The molecular weight excluding hydrogens is 422 g/mol. The van der Waals surface area contributed by atoms with Gasteiger partial charge in [-0.15, -0.1) is 10.2 Å². The molecule has 0 unspecified atom stereocenters. The molecule has 0 spiro atoms. The highest BCUT2D eigenvalue weighted by Crippen LogP contribution is 2.20. The van der Waals surface area contributed by atoms with Crippen LogP contribution in [-0.2, 0) is 13.6 Å². The van der Waals surface area contributed by atoms with Crippen molar-refractivity contribution >= 4 is 11.2 Å². The maximum atomic E-state index is 13.6. The van der Waals surface area contributed by atoms with Gasteiger partial charge in [-0.3, -0.25) is 13.9 Å². The van der Waals surface area contributed by atoms with Gasteiger partial charge in [0.25, 0.3) is 5.56 Å². The number of hydrogen-bond donors (Lipinski definition) is 1. The van der Waals surface area contributed by atoms with Crippen molar-refractivity contribution in [2.75, 3.05) is 13.2 Å². The van der Waals surface area contributed by atoms with Crippen LogP contribution in [0, 0.1) is 11.6 Å². The van der Waals surface area contributed by atoms with Crippen molar-refractivity contribution < 1.29 is 13.5 Å². The Morgan fingerprint density at radius 2 is 1.78 bits per heavy atom. The Labute approximate surface area is 179 Å². The monoisotopic (exact) mass is 440 g/mol. The van der Waals surface area contributed by atoms with Crippen LogP contribution in [0.2, 0.25) is 0 Å². The van der Waals surface area contributed by atoms with E-state index in [0.717, 1.165) is 21.3 Å². The molecule has 2 N–H and O–H groups in total. The first-order valence-corrected chi connectivity index (χ1v) is 9.60. The lowest BCUT2D eigenvalue weighted by Crippen LogP contribution is -2.39. The van der Waals surface area contributed by atoms with E-state index in [2.05, 4.69) is 15.2 Å². The average molecular weight is 440 g/mol. The van der Waals surface area contributed by atoms with Crippen LogP contribution in [0.25, 0.3) is 22.6 Å². The topological polar surface area (TPSA) is 118 Å². The summed E-state index contributed by atoms with van der Waals surface area (Å²) in [7, 11) is 1.30. The lowest BCUT2D eigenvalue weighted by atomic mass is 10.2. The maximum absolute atomic E-state index is 13.6. The van der Waals surface area contributed by atoms with Crippen LogP contribution in [0.3, 0.4) is 0 Å². The fourth-order valence-electron chi connectivity index (χ4n) is 3.13. The molecule has 0 saturated heterocycles. The second-order valence-corrected chi connectivity index (χ2v) is 6.95. The first-order valence-electron chi connectivity index (χ1n) is 9.60. The summed E-state index contributed by atoms with van der Waals surface area (Å²) in [5.41, 5.74) is 4.84. The van der Waals surface area contributed by atoms with Crippen LogP contribution in [0.4, 0.5) is 8.78 Å². The number of aromatic nitrogens is 5. The molecule has 0 atom stereocenters. The third kappa shape index (κ3) is 3.97.